The van der Waals surface area contributed by atoms with Crippen LogP contribution in [0.2, 0.25) is 0 Å². The zero-order chi connectivity index (χ0) is 15.2. The van der Waals surface area contributed by atoms with Gasteiger partial charge in [0.25, 0.3) is 0 Å². The molecule has 22 heavy (non-hydrogen) atoms. The van der Waals surface area contributed by atoms with Gasteiger partial charge in [0.15, 0.2) is 0 Å². The average molecular weight is 296 g/mol. The maximum Gasteiger partial charge on any atom is 0.225 e. The van der Waals surface area contributed by atoms with Crippen LogP contribution < -0.4 is 15.4 Å². The second-order valence-electron chi connectivity index (χ2n) is 5.45. The summed E-state index contributed by atoms with van der Waals surface area (Å²) in [6.45, 7) is 2.58. The van der Waals surface area contributed by atoms with Gasteiger partial charge < -0.3 is 15.4 Å². The van der Waals surface area contributed by atoms with Crippen LogP contribution >= 0.6 is 0 Å². The number of hydrogen-bond donors (Lipinski definition) is 2. The summed E-state index contributed by atoms with van der Waals surface area (Å²) in [5.74, 6) is 1.03. The summed E-state index contributed by atoms with van der Waals surface area (Å²) in [6.07, 6.45) is 0. The van der Waals surface area contributed by atoms with E-state index in [-0.39, 0.29) is 11.8 Å². The van der Waals surface area contributed by atoms with Crippen molar-refractivity contribution in [3.05, 3.63) is 65.7 Å². The van der Waals surface area contributed by atoms with E-state index in [2.05, 4.69) is 10.6 Å². The largest absolute Gasteiger partial charge is 0.489 e. The number of amides is 1. The van der Waals surface area contributed by atoms with E-state index in [1.807, 2.05) is 54.6 Å². The Bertz CT molecular complexity index is 624. The third kappa shape index (κ3) is 3.65. The fraction of sp³-hybridized carbons (Fsp3) is 0.278. The highest BCUT2D eigenvalue weighted by molar-refractivity contribution is 5.80. The molecule has 114 valence electrons. The molecule has 0 radical (unpaired) electrons. The minimum Gasteiger partial charge on any atom is -0.489 e. The van der Waals surface area contributed by atoms with Crippen molar-refractivity contribution in [1.82, 2.24) is 10.6 Å². The Balaban J connectivity index is 1.58. The third-order valence-electron chi connectivity index (χ3n) is 3.82. The molecule has 4 heteroatoms. The van der Waals surface area contributed by atoms with E-state index in [4.69, 9.17) is 4.74 Å². The van der Waals surface area contributed by atoms with Crippen molar-refractivity contribution in [2.24, 2.45) is 5.92 Å². The first-order chi connectivity index (χ1) is 10.8. The molecule has 1 aliphatic rings. The molecule has 2 aromatic carbocycles. The minimum absolute atomic E-state index is 0.108. The molecule has 0 unspecified atom stereocenters. The van der Waals surface area contributed by atoms with Gasteiger partial charge in [-0.3, -0.25) is 4.79 Å². The Morgan fingerprint density at radius 2 is 1.82 bits per heavy atom. The molecule has 1 aliphatic heterocycles. The zero-order valence-corrected chi connectivity index (χ0v) is 12.4. The smallest absolute Gasteiger partial charge is 0.225 e. The van der Waals surface area contributed by atoms with Gasteiger partial charge in [0.1, 0.15) is 12.4 Å². The van der Waals surface area contributed by atoms with Crippen molar-refractivity contribution in [3.8, 4) is 5.75 Å². The molecule has 3 rings (SSSR count). The summed E-state index contributed by atoms with van der Waals surface area (Å²) >= 11 is 0. The number of nitrogens with one attached hydrogen (secondary N) is 2. The highest BCUT2D eigenvalue weighted by Crippen LogP contribution is 2.19. The summed E-state index contributed by atoms with van der Waals surface area (Å²) < 4.78 is 5.89. The van der Waals surface area contributed by atoms with Crippen molar-refractivity contribution in [2.75, 3.05) is 13.1 Å². The first-order valence-electron chi connectivity index (χ1n) is 7.56. The molecule has 0 bridgehead atoms. The molecule has 0 aliphatic carbocycles. The van der Waals surface area contributed by atoms with Crippen LogP contribution in [0.4, 0.5) is 0 Å². The highest BCUT2D eigenvalue weighted by Gasteiger charge is 2.24. The van der Waals surface area contributed by atoms with E-state index in [0.717, 1.165) is 30.0 Å². The van der Waals surface area contributed by atoms with Gasteiger partial charge in [0.05, 0.1) is 5.92 Å². The highest BCUT2D eigenvalue weighted by atomic mass is 16.5. The quantitative estimate of drug-likeness (QED) is 0.858. The Morgan fingerprint density at radius 3 is 2.55 bits per heavy atom. The second-order valence-corrected chi connectivity index (χ2v) is 5.45. The van der Waals surface area contributed by atoms with Crippen molar-refractivity contribution in [1.29, 1.82) is 0 Å². The molecule has 2 aromatic rings. The standard InChI is InChI=1S/C18H20N2O2/c21-18(16-10-19-11-16)20-12-15-8-4-5-9-17(15)22-13-14-6-2-1-3-7-14/h1-9,16,19H,10-13H2,(H,20,21). The number of para-hydroxylation sites is 1. The van der Waals surface area contributed by atoms with Crippen LogP contribution in [0, 0.1) is 5.92 Å². The predicted molar refractivity (Wildman–Crippen MR) is 85.4 cm³/mol. The van der Waals surface area contributed by atoms with Gasteiger partial charge in [-0.15, -0.1) is 0 Å². The van der Waals surface area contributed by atoms with Crippen LogP contribution in [0.25, 0.3) is 0 Å². The lowest BCUT2D eigenvalue weighted by atomic mass is 10.0. The van der Waals surface area contributed by atoms with E-state index >= 15 is 0 Å². The van der Waals surface area contributed by atoms with E-state index in [1.54, 1.807) is 0 Å². The number of carbonyl (C=O) groups is 1. The molecule has 0 spiro atoms. The van der Waals surface area contributed by atoms with Gasteiger partial charge in [-0.2, -0.15) is 0 Å². The average Bonchev–Trinajstić information content (AvgIpc) is 2.51. The summed E-state index contributed by atoms with van der Waals surface area (Å²) in [4.78, 5) is 11.9. The molecule has 2 N–H and O–H groups in total. The maximum absolute atomic E-state index is 11.9. The van der Waals surface area contributed by atoms with Crippen molar-refractivity contribution in [3.63, 3.8) is 0 Å². The minimum atomic E-state index is 0.108. The molecule has 1 fully saturated rings. The molecule has 0 saturated carbocycles. The lowest BCUT2D eigenvalue weighted by Crippen LogP contribution is -2.50. The molecule has 0 aromatic heterocycles. The Labute approximate surface area is 130 Å². The van der Waals surface area contributed by atoms with Crippen molar-refractivity contribution < 1.29 is 9.53 Å². The molecule has 1 heterocycles. The lowest BCUT2D eigenvalue weighted by molar-refractivity contribution is -0.126. The fourth-order valence-electron chi connectivity index (χ4n) is 2.33. The van der Waals surface area contributed by atoms with E-state index < -0.39 is 0 Å². The molecule has 0 atom stereocenters. The van der Waals surface area contributed by atoms with Crippen molar-refractivity contribution in [2.45, 2.75) is 13.2 Å². The van der Waals surface area contributed by atoms with Gasteiger partial charge in [-0.1, -0.05) is 48.5 Å². The topological polar surface area (TPSA) is 50.4 Å². The molecule has 1 amide bonds. The predicted octanol–water partition coefficient (Wildman–Crippen LogP) is 2.10. The van der Waals surface area contributed by atoms with Gasteiger partial charge >= 0.3 is 0 Å². The van der Waals surface area contributed by atoms with Crippen molar-refractivity contribution >= 4 is 5.91 Å². The third-order valence-corrected chi connectivity index (χ3v) is 3.82. The number of ether oxygens (including phenoxy) is 1. The van der Waals surface area contributed by atoms with Gasteiger partial charge in [0, 0.05) is 25.2 Å². The van der Waals surface area contributed by atoms with E-state index in [1.165, 1.54) is 0 Å². The SMILES string of the molecule is O=C(NCc1ccccc1OCc1ccccc1)C1CNC1. The van der Waals surface area contributed by atoms with Gasteiger partial charge in [0.2, 0.25) is 5.91 Å². The fourth-order valence-corrected chi connectivity index (χ4v) is 2.33. The molecular weight excluding hydrogens is 276 g/mol. The molecular formula is C18H20N2O2. The number of hydrogen-bond acceptors (Lipinski definition) is 3. The maximum atomic E-state index is 11.9. The number of rotatable bonds is 6. The Kier molecular flexibility index (Phi) is 4.71. The van der Waals surface area contributed by atoms with E-state index in [9.17, 15) is 4.79 Å². The molecule has 1 saturated heterocycles. The first kappa shape index (κ1) is 14.6. The van der Waals surface area contributed by atoms with Crippen LogP contribution in [-0.4, -0.2) is 19.0 Å². The Morgan fingerprint density at radius 1 is 1.09 bits per heavy atom. The normalized spacial score (nSPS) is 14.2. The summed E-state index contributed by atoms with van der Waals surface area (Å²) in [7, 11) is 0. The summed E-state index contributed by atoms with van der Waals surface area (Å²) in [5.41, 5.74) is 2.13. The summed E-state index contributed by atoms with van der Waals surface area (Å²) in [6, 6.07) is 17.9. The first-order valence-corrected chi connectivity index (χ1v) is 7.56. The van der Waals surface area contributed by atoms with Crippen LogP contribution in [-0.2, 0) is 17.9 Å². The zero-order valence-electron chi connectivity index (χ0n) is 12.4. The van der Waals surface area contributed by atoms with Gasteiger partial charge in [-0.05, 0) is 11.6 Å². The number of benzene rings is 2. The van der Waals surface area contributed by atoms with Gasteiger partial charge in [-0.25, -0.2) is 0 Å². The Hall–Kier alpha value is -2.33. The van der Waals surface area contributed by atoms with Crippen LogP contribution in [0.1, 0.15) is 11.1 Å². The van der Waals surface area contributed by atoms with Crippen LogP contribution in [0.5, 0.6) is 5.75 Å². The second kappa shape index (κ2) is 7.09. The van der Waals surface area contributed by atoms with Crippen LogP contribution in [0.3, 0.4) is 0 Å². The van der Waals surface area contributed by atoms with Crippen LogP contribution in [0.15, 0.2) is 54.6 Å². The lowest BCUT2D eigenvalue weighted by Gasteiger charge is -2.26. The van der Waals surface area contributed by atoms with E-state index in [0.29, 0.717) is 13.2 Å². The monoisotopic (exact) mass is 296 g/mol. The molecule has 4 nitrogen and oxygen atoms in total. The number of carbonyl (C=O) groups excluding carboxylic acids is 1. The summed E-state index contributed by atoms with van der Waals surface area (Å²) in [5, 5.41) is 6.09.